The van der Waals surface area contributed by atoms with E-state index in [0.717, 1.165) is 135 Å². The number of phosphoric acid groups is 2. The van der Waals surface area contributed by atoms with Crippen molar-refractivity contribution in [3.63, 3.8) is 0 Å². The summed E-state index contributed by atoms with van der Waals surface area (Å²) >= 11 is 0. The van der Waals surface area contributed by atoms with E-state index in [1.165, 1.54) is 73.9 Å². The molecule has 1 aromatic heterocycles. The average molecular weight is 1980 g/mol. The second-order valence-corrected chi connectivity index (χ2v) is 39.0. The third-order valence-electron chi connectivity index (χ3n) is 23.2. The first-order valence-corrected chi connectivity index (χ1v) is 50.7. The van der Waals surface area contributed by atoms with Crippen molar-refractivity contribution in [1.29, 1.82) is 0 Å². The molecule has 0 aliphatic carbocycles. The van der Waals surface area contributed by atoms with Gasteiger partial charge in [0.2, 0.25) is 41.0 Å². The fraction of sp³-hybridized carbons (Fsp3) is 0.633. The zero-order valence-electron chi connectivity index (χ0n) is 82.9. The van der Waals surface area contributed by atoms with E-state index < -0.39 is 181 Å². The monoisotopic (exact) mass is 1980 g/mol. The number of nitrogens with one attached hydrogen (secondary N) is 7. The van der Waals surface area contributed by atoms with Gasteiger partial charge in [-0.3, -0.25) is 47.9 Å². The Hall–Kier alpha value is -9.34. The normalized spacial score (nSPS) is 20.9. The molecule has 2 aliphatic rings. The number of amides is 6. The highest BCUT2D eigenvalue weighted by molar-refractivity contribution is 7.61. The number of aliphatic hydroxyl groups excluding tert-OH is 4. The number of rotatable bonds is 68. The number of fused-ring (bicyclic) bond motifs is 1. The molecule has 138 heavy (non-hydrogen) atoms. The minimum absolute atomic E-state index is 0.00814. The number of aliphatic hydroxyl groups is 4. The number of hydrogen-bond donors (Lipinski definition) is 15. The Labute approximate surface area is 811 Å². The van der Waals surface area contributed by atoms with Crippen LogP contribution in [0.25, 0.3) is 11.0 Å². The second-order valence-electron chi connectivity index (χ2n) is 36.0. The highest BCUT2D eigenvalue weighted by Crippen LogP contribution is 2.61. The number of hydrogen-bond acceptors (Lipinski definition) is 27. The summed E-state index contributed by atoms with van der Waals surface area (Å²) < 4.78 is 70.4. The number of nitro benzene ring substituents is 1. The number of nitrogens with zero attached hydrogens (tertiary/aromatic N) is 3. The van der Waals surface area contributed by atoms with Gasteiger partial charge in [-0.1, -0.05) is 135 Å². The molecule has 38 nitrogen and oxygen atoms in total. The summed E-state index contributed by atoms with van der Waals surface area (Å²) in [6.07, 6.45) is 30.8. The smallest absolute Gasteiger partial charge is 0.480 e. The Balaban J connectivity index is 1.23. The predicted molar refractivity (Wildman–Crippen MR) is 524 cm³/mol. The Morgan fingerprint density at radius 2 is 0.906 bits per heavy atom. The average Bonchev–Trinajstić information content (AvgIpc) is 1.03. The van der Waals surface area contributed by atoms with Gasteiger partial charge >= 0.3 is 33.3 Å². The number of carboxylic acid groups (broad SMARTS) is 2. The van der Waals surface area contributed by atoms with Gasteiger partial charge in [-0.2, -0.15) is 4.31 Å². The first-order valence-electron chi connectivity index (χ1n) is 47.7. The minimum Gasteiger partial charge on any atom is -0.480 e. The fourth-order valence-corrected chi connectivity index (χ4v) is 17.3. The molecule has 2 aromatic rings. The lowest BCUT2D eigenvalue weighted by atomic mass is 9.94. The molecule has 6 amide bonds. The molecule has 40 heteroatoms. The Morgan fingerprint density at radius 3 is 1.36 bits per heavy atom. The van der Waals surface area contributed by atoms with E-state index in [1.807, 2.05) is 6.92 Å². The molecule has 2 aliphatic heterocycles. The van der Waals surface area contributed by atoms with Crippen molar-refractivity contribution < 1.29 is 130 Å². The molecule has 3 heterocycles. The van der Waals surface area contributed by atoms with Crippen LogP contribution in [-0.4, -0.2) is 222 Å². The number of phosphoric ester groups is 2. The van der Waals surface area contributed by atoms with Gasteiger partial charge in [0.25, 0.3) is 0 Å². The van der Waals surface area contributed by atoms with Crippen molar-refractivity contribution >= 4 is 85.4 Å². The van der Waals surface area contributed by atoms with Gasteiger partial charge in [0.1, 0.15) is 67.4 Å². The van der Waals surface area contributed by atoms with Gasteiger partial charge in [0.15, 0.2) is 18.1 Å². The highest BCUT2D eigenvalue weighted by atomic mass is 31.3. The quantitative estimate of drug-likeness (QED) is 0.00961. The molecule has 2 fully saturated rings. The molecule has 1 aromatic carbocycles. The zero-order valence-corrected chi connectivity index (χ0v) is 84.7. The van der Waals surface area contributed by atoms with E-state index in [4.69, 9.17) is 28.0 Å². The molecular weight excluding hydrogens is 1830 g/mol. The number of non-ortho nitro benzene ring substituents is 1. The van der Waals surface area contributed by atoms with Crippen molar-refractivity contribution in [2.24, 2.45) is 0 Å². The van der Waals surface area contributed by atoms with E-state index in [0.29, 0.717) is 50.8 Å². The highest BCUT2D eigenvalue weighted by Gasteiger charge is 2.55. The lowest BCUT2D eigenvalue weighted by Crippen LogP contribution is -2.69. The van der Waals surface area contributed by atoms with E-state index in [1.54, 1.807) is 6.92 Å². The Kier molecular flexibility index (Phi) is 57.5. The molecule has 0 bridgehead atoms. The van der Waals surface area contributed by atoms with Crippen LogP contribution in [0.3, 0.4) is 0 Å². The maximum absolute atomic E-state index is 13.8. The SMILES string of the molecule is CC(=O)N[C@H]1[C@H](O[C@H]2[C@H](OCC(=O)NCC(=O)N[C@H](CCC(=O)N[C@@H](CCCCNC(=O)CCCCCNc3ccc([N+](=O)[O-])c4nonc34)C(=O)O)C(=O)O)[C@@H](NC(C)=O)[C@@H](OP(=O)(O)OP(=O)(O)OC/C=C(/C)CC/C=C(/C)CC/C=C(/C)CC/C=C(/C)CC/C=C(/C)CC/C=C(/C)CC/C=C(/C)CC/C=C(\C)CC/C=C(\C)CC/C=C(\C)CCC=C(C)C)O[C@@H]2CO)O[C@H](CO)[C@@H](O)[C@@H]1O. The Morgan fingerprint density at radius 1 is 0.471 bits per heavy atom. The van der Waals surface area contributed by atoms with E-state index in [-0.39, 0.29) is 48.4 Å². The topological polar surface area (TPSA) is 563 Å². The van der Waals surface area contributed by atoms with E-state index in [9.17, 15) is 98.0 Å². The number of carbonyl (C=O) groups excluding carboxylic acids is 6. The van der Waals surface area contributed by atoms with Crippen molar-refractivity contribution in [3.8, 4) is 0 Å². The number of allylic oxidation sites excluding steroid dienone is 21. The van der Waals surface area contributed by atoms with Crippen LogP contribution in [0.5, 0.6) is 0 Å². The van der Waals surface area contributed by atoms with Gasteiger partial charge in [0.05, 0.1) is 37.0 Å². The molecule has 2 saturated heterocycles. The molecule has 0 saturated carbocycles. The molecular formula is C98H154N10O28P2. The number of ether oxygens (including phenoxy) is 4. The number of aliphatic carboxylic acids is 2. The summed E-state index contributed by atoms with van der Waals surface area (Å²) in [5.41, 5.74) is 15.2. The summed E-state index contributed by atoms with van der Waals surface area (Å²) in [7, 11) is -11.5. The van der Waals surface area contributed by atoms with Crippen molar-refractivity contribution in [1.82, 2.24) is 42.2 Å². The van der Waals surface area contributed by atoms with Crippen molar-refractivity contribution in [2.45, 2.75) is 357 Å². The standard InChI is InChI=1S/C98H154N10O28P2/c1-64(2)30-20-31-65(3)32-21-33-66(4)34-22-35-67(5)36-23-37-68(6)38-24-39-69(7)40-25-41-70(8)42-26-43-71(9)44-27-45-72(10)46-28-47-73(11)48-29-49-74(12)56-59-130-137(125,126)136-138(127,128)134-98-90(103-76(14)112)94(93(82(62-110)132-98)133-97-89(102-75(13)111)92(118)91(117)81(61-109)131-97)129-63-86(116)101-60-85(115)105-79(96(121)122)53-55-84(114)104-78(95(119)120)50-17-19-58-100-83(113)51-16-15-18-57-99-77-52-54-80(108(123)124)88-87(77)106-135-107-88/h30,32,34,36,38,40,42,44,46,48,52,54,56,78-79,81-82,89-94,97-99,109-110,117-118H,15-29,31,33,35,37,39,41,43,45,47,49-51,53,55,57-63H2,1-14H3,(H,100,113)(H,101,116)(H,102,111)(H,103,112)(H,104,114)(H,105,115)(H,119,120)(H,121,122)(H,125,126)(H,127,128)/b65-32+,66-34+,67-36+,68-38-,69-40-,70-42-,71-44-,72-46-,73-48-,74-56-/t78-,79+,81+,82+,89+,90+,91+,92+,93+,94+,97-,98+/m0/s1. The molecule has 2 unspecified atom stereocenters. The van der Waals surface area contributed by atoms with Crippen LogP contribution in [0.1, 0.15) is 283 Å². The van der Waals surface area contributed by atoms with Gasteiger partial charge in [-0.25, -0.2) is 23.3 Å². The number of anilines is 1. The minimum atomic E-state index is -5.93. The molecule has 4 rings (SSSR count). The first-order chi connectivity index (χ1) is 65.4. The second kappa shape index (κ2) is 65.6. The molecule has 15 N–H and O–H groups in total. The van der Waals surface area contributed by atoms with Crippen LogP contribution < -0.4 is 37.2 Å². The fourth-order valence-electron chi connectivity index (χ4n) is 15.2. The lowest BCUT2D eigenvalue weighted by Gasteiger charge is -2.49. The maximum atomic E-state index is 13.8. The summed E-state index contributed by atoms with van der Waals surface area (Å²) in [6, 6.07) is -4.10. The van der Waals surface area contributed by atoms with Gasteiger partial charge < -0.3 is 96.6 Å². The summed E-state index contributed by atoms with van der Waals surface area (Å²) in [5, 5.41) is 98.5. The molecule has 0 spiro atoms. The van der Waals surface area contributed by atoms with Crippen LogP contribution in [0.15, 0.2) is 145 Å². The van der Waals surface area contributed by atoms with Crippen LogP contribution in [0, 0.1) is 10.1 Å². The van der Waals surface area contributed by atoms with Crippen molar-refractivity contribution in [3.05, 3.63) is 150 Å². The summed E-state index contributed by atoms with van der Waals surface area (Å²) in [4.78, 5) is 135. The molecule has 774 valence electrons. The Bertz CT molecular complexity index is 4700. The summed E-state index contributed by atoms with van der Waals surface area (Å²) in [5.74, 6) is -8.28. The van der Waals surface area contributed by atoms with Gasteiger partial charge in [0, 0.05) is 45.8 Å². The van der Waals surface area contributed by atoms with E-state index in [2.05, 4.69) is 186 Å². The summed E-state index contributed by atoms with van der Waals surface area (Å²) in [6.45, 7) is 23.7. The third-order valence-corrected chi connectivity index (χ3v) is 25.8. The van der Waals surface area contributed by atoms with Crippen molar-refractivity contribution in [2.75, 3.05) is 51.4 Å². The zero-order chi connectivity index (χ0) is 102. The maximum Gasteiger partial charge on any atom is 0.483 e. The molecule has 0 radical (unpaired) electrons. The largest absolute Gasteiger partial charge is 0.483 e. The number of unbranched alkanes of at least 4 members (excludes halogenated alkanes) is 3. The number of nitro groups is 1. The molecule has 14 atom stereocenters. The van der Waals surface area contributed by atoms with Gasteiger partial charge in [-0.05, 0) is 266 Å². The third kappa shape index (κ3) is 50.2. The predicted octanol–water partition coefficient (Wildman–Crippen LogP) is 14.8. The van der Waals surface area contributed by atoms with E-state index >= 15 is 0 Å². The first kappa shape index (κ1) is 121. The number of carbonyl (C=O) groups is 8. The lowest BCUT2D eigenvalue weighted by molar-refractivity contribution is -0.383. The van der Waals surface area contributed by atoms with Crippen LogP contribution in [0.4, 0.5) is 11.4 Å². The number of aromatic nitrogens is 2. The van der Waals surface area contributed by atoms with Gasteiger partial charge in [-0.15, -0.1) is 0 Å². The van der Waals surface area contributed by atoms with Crippen LogP contribution in [-0.2, 0) is 79.8 Å². The number of carboxylic acids is 2. The van der Waals surface area contributed by atoms with Crippen LogP contribution >= 0.6 is 15.6 Å². The number of benzene rings is 1. The van der Waals surface area contributed by atoms with Crippen LogP contribution in [0.2, 0.25) is 0 Å².